The van der Waals surface area contributed by atoms with E-state index in [1.165, 1.54) is 0 Å². The molecule has 0 amide bonds. The zero-order valence-electron chi connectivity index (χ0n) is 22.9. The standard InChI is InChI=1S/C27H54N2O5/c1-6-9-14-17-25(18-15-12-10-11-13-16-19-26(30)31)34-27(32)33-23-22-29(24(4)5)21-20-28(7-2)8-3/h24-25H,6-23H2,1-5H3,(H,30,31). The lowest BCUT2D eigenvalue weighted by Crippen LogP contribution is -2.40. The summed E-state index contributed by atoms with van der Waals surface area (Å²) in [6.45, 7) is 16.1. The average Bonchev–Trinajstić information content (AvgIpc) is 2.79. The number of hydrogen-bond acceptors (Lipinski definition) is 6. The topological polar surface area (TPSA) is 79.3 Å². The van der Waals surface area contributed by atoms with Gasteiger partial charge in [0.25, 0.3) is 0 Å². The Morgan fingerprint density at radius 1 is 0.794 bits per heavy atom. The molecular formula is C27H54N2O5. The van der Waals surface area contributed by atoms with Crippen LogP contribution in [0.3, 0.4) is 0 Å². The van der Waals surface area contributed by atoms with Crippen molar-refractivity contribution in [3.63, 3.8) is 0 Å². The number of carbonyl (C=O) groups excluding carboxylic acids is 1. The molecule has 0 spiro atoms. The smallest absolute Gasteiger partial charge is 0.481 e. The predicted molar refractivity (Wildman–Crippen MR) is 139 cm³/mol. The van der Waals surface area contributed by atoms with Crippen LogP contribution in [0.4, 0.5) is 4.79 Å². The van der Waals surface area contributed by atoms with Gasteiger partial charge < -0.3 is 19.5 Å². The van der Waals surface area contributed by atoms with E-state index in [1.54, 1.807) is 0 Å². The van der Waals surface area contributed by atoms with E-state index in [0.717, 1.165) is 103 Å². The second-order valence-corrected chi connectivity index (χ2v) is 9.54. The summed E-state index contributed by atoms with van der Waals surface area (Å²) >= 11 is 0. The van der Waals surface area contributed by atoms with Crippen molar-refractivity contribution in [3.05, 3.63) is 0 Å². The van der Waals surface area contributed by atoms with Gasteiger partial charge in [-0.2, -0.15) is 0 Å². The van der Waals surface area contributed by atoms with E-state index in [-0.39, 0.29) is 12.5 Å². The number of rotatable bonds is 23. The molecule has 1 atom stereocenters. The van der Waals surface area contributed by atoms with E-state index in [9.17, 15) is 9.59 Å². The van der Waals surface area contributed by atoms with Crippen molar-refractivity contribution >= 4 is 12.1 Å². The fraction of sp³-hybridized carbons (Fsp3) is 0.926. The highest BCUT2D eigenvalue weighted by Crippen LogP contribution is 2.16. The van der Waals surface area contributed by atoms with Crippen LogP contribution >= 0.6 is 0 Å². The summed E-state index contributed by atoms with van der Waals surface area (Å²) in [7, 11) is 0. The summed E-state index contributed by atoms with van der Waals surface area (Å²) in [6, 6.07) is 0.404. The molecule has 1 unspecified atom stereocenters. The van der Waals surface area contributed by atoms with Gasteiger partial charge in [0.2, 0.25) is 0 Å². The molecule has 0 aliphatic carbocycles. The molecule has 0 aromatic carbocycles. The molecule has 0 aromatic heterocycles. The van der Waals surface area contributed by atoms with Crippen LogP contribution in [0, 0.1) is 0 Å². The molecule has 1 N–H and O–H groups in total. The number of nitrogens with zero attached hydrogens (tertiary/aromatic N) is 2. The first-order chi connectivity index (χ1) is 16.3. The van der Waals surface area contributed by atoms with Gasteiger partial charge in [-0.3, -0.25) is 9.69 Å². The van der Waals surface area contributed by atoms with Crippen molar-refractivity contribution < 1.29 is 24.2 Å². The van der Waals surface area contributed by atoms with Gasteiger partial charge in [0, 0.05) is 32.1 Å². The first-order valence-corrected chi connectivity index (χ1v) is 13.8. The number of carboxylic acids is 1. The molecule has 7 heteroatoms. The third-order valence-corrected chi connectivity index (χ3v) is 6.49. The second-order valence-electron chi connectivity index (χ2n) is 9.54. The zero-order valence-corrected chi connectivity index (χ0v) is 22.9. The zero-order chi connectivity index (χ0) is 25.6. The maximum Gasteiger partial charge on any atom is 0.508 e. The minimum absolute atomic E-state index is 0.0741. The first-order valence-electron chi connectivity index (χ1n) is 13.8. The molecule has 0 aliphatic rings. The Bertz CT molecular complexity index is 497. The molecule has 0 aromatic rings. The highest BCUT2D eigenvalue weighted by Gasteiger charge is 2.17. The minimum Gasteiger partial charge on any atom is -0.481 e. The summed E-state index contributed by atoms with van der Waals surface area (Å²) < 4.78 is 11.1. The Labute approximate surface area is 209 Å². The number of carboxylic acid groups (broad SMARTS) is 1. The van der Waals surface area contributed by atoms with Crippen LogP contribution in [-0.4, -0.2) is 78.5 Å². The fourth-order valence-corrected chi connectivity index (χ4v) is 4.09. The Balaban J connectivity index is 4.28. The lowest BCUT2D eigenvalue weighted by molar-refractivity contribution is -0.137. The number of hydrogen-bond donors (Lipinski definition) is 1. The van der Waals surface area contributed by atoms with Gasteiger partial charge >= 0.3 is 12.1 Å². The third-order valence-electron chi connectivity index (χ3n) is 6.49. The minimum atomic E-state index is -0.712. The molecule has 0 bridgehead atoms. The second kappa shape index (κ2) is 22.1. The fourth-order valence-electron chi connectivity index (χ4n) is 4.09. The molecule has 0 aliphatic heterocycles. The van der Waals surface area contributed by atoms with Gasteiger partial charge in [-0.1, -0.05) is 59.3 Å². The first kappa shape index (κ1) is 32.7. The largest absolute Gasteiger partial charge is 0.508 e. The van der Waals surface area contributed by atoms with Crippen molar-refractivity contribution in [2.75, 3.05) is 39.3 Å². The summed E-state index contributed by atoms with van der Waals surface area (Å²) in [5.74, 6) is -0.712. The Hall–Kier alpha value is -1.34. The number of unbranched alkanes of at least 4 members (excludes halogenated alkanes) is 7. The van der Waals surface area contributed by atoms with Crippen LogP contribution in [0.5, 0.6) is 0 Å². The molecule has 0 radical (unpaired) electrons. The average molecular weight is 487 g/mol. The van der Waals surface area contributed by atoms with Crippen LogP contribution in [0.15, 0.2) is 0 Å². The van der Waals surface area contributed by atoms with Crippen molar-refractivity contribution in [1.29, 1.82) is 0 Å². The number of carbonyl (C=O) groups is 2. The molecule has 0 saturated heterocycles. The van der Waals surface area contributed by atoms with Crippen LogP contribution in [0.1, 0.15) is 112 Å². The van der Waals surface area contributed by atoms with E-state index >= 15 is 0 Å². The van der Waals surface area contributed by atoms with Crippen molar-refractivity contribution in [2.24, 2.45) is 0 Å². The summed E-state index contributed by atoms with van der Waals surface area (Å²) in [6.07, 6.45) is 10.8. The Kier molecular flexibility index (Phi) is 21.3. The van der Waals surface area contributed by atoms with E-state index in [1.807, 2.05) is 0 Å². The molecule has 0 rings (SSSR count). The van der Waals surface area contributed by atoms with Gasteiger partial charge in [-0.05, 0) is 59.0 Å². The Morgan fingerprint density at radius 3 is 1.94 bits per heavy atom. The summed E-state index contributed by atoms with van der Waals surface area (Å²) in [5.41, 5.74) is 0. The molecule has 0 saturated carbocycles. The van der Waals surface area contributed by atoms with E-state index < -0.39 is 12.1 Å². The summed E-state index contributed by atoms with van der Waals surface area (Å²) in [5, 5.41) is 8.69. The SMILES string of the molecule is CCCCCC(CCCCCCCCC(=O)O)OC(=O)OCCN(CCN(CC)CC)C(C)C. The Morgan fingerprint density at radius 2 is 1.38 bits per heavy atom. The highest BCUT2D eigenvalue weighted by atomic mass is 16.7. The van der Waals surface area contributed by atoms with Gasteiger partial charge in [0.05, 0.1) is 0 Å². The maximum atomic E-state index is 12.3. The molecular weight excluding hydrogens is 432 g/mol. The van der Waals surface area contributed by atoms with Gasteiger partial charge in [-0.25, -0.2) is 4.79 Å². The quantitative estimate of drug-likeness (QED) is 0.133. The van der Waals surface area contributed by atoms with Crippen molar-refractivity contribution in [3.8, 4) is 0 Å². The molecule has 7 nitrogen and oxygen atoms in total. The summed E-state index contributed by atoms with van der Waals surface area (Å²) in [4.78, 5) is 27.6. The molecule has 0 heterocycles. The predicted octanol–water partition coefficient (Wildman–Crippen LogP) is 6.35. The van der Waals surface area contributed by atoms with Crippen LogP contribution in [0.2, 0.25) is 0 Å². The van der Waals surface area contributed by atoms with Crippen LogP contribution in [-0.2, 0) is 14.3 Å². The van der Waals surface area contributed by atoms with Crippen LogP contribution in [0.25, 0.3) is 0 Å². The van der Waals surface area contributed by atoms with E-state index in [4.69, 9.17) is 14.6 Å². The molecule has 0 fully saturated rings. The normalized spacial score (nSPS) is 12.5. The van der Waals surface area contributed by atoms with Gasteiger partial charge in [0.1, 0.15) is 12.7 Å². The van der Waals surface area contributed by atoms with Gasteiger partial charge in [-0.15, -0.1) is 0 Å². The molecule has 34 heavy (non-hydrogen) atoms. The number of ether oxygens (including phenoxy) is 2. The maximum absolute atomic E-state index is 12.3. The molecule has 202 valence electrons. The number of likely N-dealkylation sites (N-methyl/N-ethyl adjacent to an activating group) is 1. The van der Waals surface area contributed by atoms with E-state index in [2.05, 4.69) is 44.4 Å². The number of aliphatic carboxylic acids is 1. The third kappa shape index (κ3) is 19.0. The van der Waals surface area contributed by atoms with Crippen LogP contribution < -0.4 is 0 Å². The van der Waals surface area contributed by atoms with Crippen molar-refractivity contribution in [1.82, 2.24) is 9.80 Å². The van der Waals surface area contributed by atoms with E-state index in [0.29, 0.717) is 12.6 Å². The van der Waals surface area contributed by atoms with Crippen molar-refractivity contribution in [2.45, 2.75) is 124 Å². The monoisotopic (exact) mass is 486 g/mol. The highest BCUT2D eigenvalue weighted by molar-refractivity contribution is 5.66. The lowest BCUT2D eigenvalue weighted by atomic mass is 10.0. The van der Waals surface area contributed by atoms with Gasteiger partial charge in [0.15, 0.2) is 0 Å². The lowest BCUT2D eigenvalue weighted by Gasteiger charge is -2.29.